The molecule has 0 unspecified atom stereocenters. The molecule has 0 saturated carbocycles. The predicted molar refractivity (Wildman–Crippen MR) is 82.0 cm³/mol. The van der Waals surface area contributed by atoms with E-state index in [0.29, 0.717) is 6.61 Å². The third-order valence-corrected chi connectivity index (χ3v) is 3.19. The van der Waals surface area contributed by atoms with Crippen molar-refractivity contribution in [1.29, 1.82) is 0 Å². The summed E-state index contributed by atoms with van der Waals surface area (Å²) in [5, 5.41) is 3.46. The van der Waals surface area contributed by atoms with E-state index in [1.165, 1.54) is 0 Å². The fourth-order valence-electron chi connectivity index (χ4n) is 1.55. The maximum absolute atomic E-state index is 5.86. The van der Waals surface area contributed by atoms with E-state index in [2.05, 4.69) is 44.9 Å². The van der Waals surface area contributed by atoms with Crippen LogP contribution in [0.5, 0.6) is 5.75 Å². The first-order chi connectivity index (χ1) is 9.23. The van der Waals surface area contributed by atoms with Crippen LogP contribution in [-0.2, 0) is 11.3 Å². The number of nitrogens with one attached hydrogen (secondary N) is 1. The van der Waals surface area contributed by atoms with E-state index >= 15 is 0 Å². The van der Waals surface area contributed by atoms with E-state index in [-0.39, 0.29) is 11.1 Å². The first-order valence-corrected chi connectivity index (χ1v) is 7.09. The van der Waals surface area contributed by atoms with Gasteiger partial charge in [-0.25, -0.2) is 0 Å². The molecule has 0 aromatic carbocycles. The average molecular weight is 280 g/mol. The van der Waals surface area contributed by atoms with Crippen LogP contribution in [0.25, 0.3) is 0 Å². The van der Waals surface area contributed by atoms with Crippen molar-refractivity contribution in [2.75, 3.05) is 13.7 Å². The number of rotatable bonds is 7. The van der Waals surface area contributed by atoms with Gasteiger partial charge in [0, 0.05) is 37.4 Å². The summed E-state index contributed by atoms with van der Waals surface area (Å²) in [6, 6.07) is 2.00. The standard InChI is InChI=1S/C16H28N2O2/c1-15(2,3)18-11-13-7-9-17-12-14(13)20-10-8-16(4,5)19-6/h7,9,12,18H,8,10-11H2,1-6H3. The van der Waals surface area contributed by atoms with E-state index in [0.717, 1.165) is 24.3 Å². The van der Waals surface area contributed by atoms with Gasteiger partial charge in [0.05, 0.1) is 18.4 Å². The van der Waals surface area contributed by atoms with E-state index in [9.17, 15) is 0 Å². The molecule has 1 heterocycles. The second kappa shape index (κ2) is 7.04. The Hall–Kier alpha value is -1.13. The zero-order chi connectivity index (χ0) is 15.2. The Labute approximate surface area is 122 Å². The SMILES string of the molecule is COC(C)(C)CCOc1cnccc1CNC(C)(C)C. The average Bonchev–Trinajstić information content (AvgIpc) is 2.36. The van der Waals surface area contributed by atoms with Gasteiger partial charge in [-0.3, -0.25) is 4.98 Å². The van der Waals surface area contributed by atoms with Crippen molar-refractivity contribution >= 4 is 0 Å². The Balaban J connectivity index is 2.57. The van der Waals surface area contributed by atoms with Gasteiger partial charge in [0.1, 0.15) is 5.75 Å². The van der Waals surface area contributed by atoms with Gasteiger partial charge in [0.15, 0.2) is 0 Å². The quantitative estimate of drug-likeness (QED) is 0.833. The number of pyridine rings is 1. The molecule has 0 aliphatic carbocycles. The molecular weight excluding hydrogens is 252 g/mol. The first-order valence-electron chi connectivity index (χ1n) is 7.09. The molecule has 0 aliphatic rings. The van der Waals surface area contributed by atoms with Crippen molar-refractivity contribution in [1.82, 2.24) is 10.3 Å². The fraction of sp³-hybridized carbons (Fsp3) is 0.688. The number of ether oxygens (including phenoxy) is 2. The van der Waals surface area contributed by atoms with Crippen LogP contribution in [0.1, 0.15) is 46.6 Å². The molecule has 0 saturated heterocycles. The summed E-state index contributed by atoms with van der Waals surface area (Å²) in [7, 11) is 1.72. The second-order valence-corrected chi connectivity index (χ2v) is 6.65. The zero-order valence-corrected chi connectivity index (χ0v) is 13.6. The van der Waals surface area contributed by atoms with Gasteiger partial charge in [-0.15, -0.1) is 0 Å². The summed E-state index contributed by atoms with van der Waals surface area (Å²) < 4.78 is 11.2. The maximum atomic E-state index is 5.86. The molecule has 1 N–H and O–H groups in total. The molecule has 1 aromatic heterocycles. The molecule has 0 fully saturated rings. The van der Waals surface area contributed by atoms with Gasteiger partial charge in [-0.1, -0.05) is 0 Å². The van der Waals surface area contributed by atoms with Crippen molar-refractivity contribution < 1.29 is 9.47 Å². The number of nitrogens with zero attached hydrogens (tertiary/aromatic N) is 1. The molecule has 4 nitrogen and oxygen atoms in total. The minimum atomic E-state index is -0.161. The highest BCUT2D eigenvalue weighted by molar-refractivity contribution is 5.29. The molecule has 1 rings (SSSR count). The monoisotopic (exact) mass is 280 g/mol. The van der Waals surface area contributed by atoms with E-state index in [1.807, 2.05) is 6.07 Å². The second-order valence-electron chi connectivity index (χ2n) is 6.65. The Morgan fingerprint density at radius 1 is 1.20 bits per heavy atom. The van der Waals surface area contributed by atoms with Crippen molar-refractivity contribution in [2.45, 2.75) is 58.7 Å². The molecule has 0 spiro atoms. The molecule has 4 heteroatoms. The van der Waals surface area contributed by atoms with Crippen LogP contribution in [0.3, 0.4) is 0 Å². The van der Waals surface area contributed by atoms with Crippen molar-refractivity contribution in [3.8, 4) is 5.75 Å². The Morgan fingerprint density at radius 2 is 1.90 bits per heavy atom. The highest BCUT2D eigenvalue weighted by Crippen LogP contribution is 2.19. The van der Waals surface area contributed by atoms with Crippen LogP contribution >= 0.6 is 0 Å². The van der Waals surface area contributed by atoms with E-state index < -0.39 is 0 Å². The number of methoxy groups -OCH3 is 1. The van der Waals surface area contributed by atoms with Crippen molar-refractivity contribution in [2.24, 2.45) is 0 Å². The highest BCUT2D eigenvalue weighted by atomic mass is 16.5. The van der Waals surface area contributed by atoms with Crippen LogP contribution in [0.4, 0.5) is 0 Å². The fourth-order valence-corrected chi connectivity index (χ4v) is 1.55. The Kier molecular flexibility index (Phi) is 5.96. The van der Waals surface area contributed by atoms with Crippen LogP contribution in [-0.4, -0.2) is 29.8 Å². The smallest absolute Gasteiger partial charge is 0.142 e. The molecule has 20 heavy (non-hydrogen) atoms. The van der Waals surface area contributed by atoms with Crippen LogP contribution in [0.2, 0.25) is 0 Å². The summed E-state index contributed by atoms with van der Waals surface area (Å²) in [5.41, 5.74) is 1.05. The third-order valence-electron chi connectivity index (χ3n) is 3.19. The van der Waals surface area contributed by atoms with Crippen molar-refractivity contribution in [3.05, 3.63) is 24.0 Å². The lowest BCUT2D eigenvalue weighted by molar-refractivity contribution is 0.00534. The lowest BCUT2D eigenvalue weighted by atomic mass is 10.1. The van der Waals surface area contributed by atoms with E-state index in [4.69, 9.17) is 9.47 Å². The summed E-state index contributed by atoms with van der Waals surface area (Å²) in [5.74, 6) is 0.844. The minimum Gasteiger partial charge on any atom is -0.492 e. The van der Waals surface area contributed by atoms with Crippen LogP contribution in [0, 0.1) is 0 Å². The molecule has 114 valence electrons. The topological polar surface area (TPSA) is 43.4 Å². The minimum absolute atomic E-state index is 0.0819. The summed E-state index contributed by atoms with van der Waals surface area (Å²) in [6.07, 6.45) is 4.41. The van der Waals surface area contributed by atoms with Crippen LogP contribution in [0.15, 0.2) is 18.5 Å². The molecule has 0 atom stereocenters. The predicted octanol–water partition coefficient (Wildman–Crippen LogP) is 3.16. The van der Waals surface area contributed by atoms with Gasteiger partial charge in [0.2, 0.25) is 0 Å². The van der Waals surface area contributed by atoms with Crippen LogP contribution < -0.4 is 10.1 Å². The lowest BCUT2D eigenvalue weighted by Crippen LogP contribution is -2.35. The largest absolute Gasteiger partial charge is 0.492 e. The summed E-state index contributed by atoms with van der Waals surface area (Å²) in [6.45, 7) is 12.0. The molecular formula is C16H28N2O2. The van der Waals surface area contributed by atoms with Gasteiger partial charge >= 0.3 is 0 Å². The van der Waals surface area contributed by atoms with Gasteiger partial charge in [0.25, 0.3) is 0 Å². The zero-order valence-electron chi connectivity index (χ0n) is 13.6. The Morgan fingerprint density at radius 3 is 2.50 bits per heavy atom. The number of aromatic nitrogens is 1. The lowest BCUT2D eigenvalue weighted by Gasteiger charge is -2.24. The Bertz CT molecular complexity index is 411. The third kappa shape index (κ3) is 6.35. The molecule has 0 amide bonds. The normalized spacial score (nSPS) is 12.5. The highest BCUT2D eigenvalue weighted by Gasteiger charge is 2.17. The summed E-state index contributed by atoms with van der Waals surface area (Å²) in [4.78, 5) is 4.14. The summed E-state index contributed by atoms with van der Waals surface area (Å²) >= 11 is 0. The first kappa shape index (κ1) is 16.9. The molecule has 0 aliphatic heterocycles. The van der Waals surface area contributed by atoms with E-state index in [1.54, 1.807) is 19.5 Å². The van der Waals surface area contributed by atoms with Gasteiger partial charge in [-0.2, -0.15) is 0 Å². The number of hydrogen-bond acceptors (Lipinski definition) is 4. The van der Waals surface area contributed by atoms with Crippen molar-refractivity contribution in [3.63, 3.8) is 0 Å². The number of hydrogen-bond donors (Lipinski definition) is 1. The van der Waals surface area contributed by atoms with Gasteiger partial charge in [-0.05, 0) is 40.7 Å². The maximum Gasteiger partial charge on any atom is 0.142 e. The molecule has 1 aromatic rings. The molecule has 0 radical (unpaired) electrons. The van der Waals surface area contributed by atoms with Gasteiger partial charge < -0.3 is 14.8 Å². The molecule has 0 bridgehead atoms.